The third-order valence-electron chi connectivity index (χ3n) is 2.91. The van der Waals surface area contributed by atoms with E-state index >= 15 is 0 Å². The van der Waals surface area contributed by atoms with Crippen molar-refractivity contribution in [3.05, 3.63) is 54.0 Å². The quantitative estimate of drug-likeness (QED) is 0.764. The predicted octanol–water partition coefficient (Wildman–Crippen LogP) is 2.63. The van der Waals surface area contributed by atoms with Gasteiger partial charge in [-0.1, -0.05) is 17.3 Å². The Kier molecular flexibility index (Phi) is 3.04. The first-order chi connectivity index (χ1) is 9.74. The van der Waals surface area contributed by atoms with Gasteiger partial charge in [0.05, 0.1) is 11.9 Å². The number of anilines is 1. The molecule has 2 heterocycles. The van der Waals surface area contributed by atoms with Crippen molar-refractivity contribution in [2.24, 2.45) is 0 Å². The zero-order valence-electron chi connectivity index (χ0n) is 10.8. The summed E-state index contributed by atoms with van der Waals surface area (Å²) in [6.07, 6.45) is 3.20. The van der Waals surface area contributed by atoms with Crippen LogP contribution in [0.3, 0.4) is 0 Å². The average molecular weight is 268 g/mol. The Morgan fingerprint density at radius 3 is 2.65 bits per heavy atom. The fourth-order valence-corrected chi connectivity index (χ4v) is 1.85. The zero-order chi connectivity index (χ0) is 13.9. The highest BCUT2D eigenvalue weighted by molar-refractivity contribution is 6.03. The number of nitrogens with zero attached hydrogens (tertiary/aromatic N) is 2. The van der Waals surface area contributed by atoms with Crippen molar-refractivity contribution in [1.82, 2.24) is 15.4 Å². The summed E-state index contributed by atoms with van der Waals surface area (Å²) in [6, 6.07) is 9.32. The first-order valence-corrected chi connectivity index (χ1v) is 6.06. The van der Waals surface area contributed by atoms with Gasteiger partial charge in [0, 0.05) is 17.4 Å². The second kappa shape index (κ2) is 5.00. The Bertz CT molecular complexity index is 714. The molecule has 3 aromatic rings. The summed E-state index contributed by atoms with van der Waals surface area (Å²) < 4.78 is 4.91. The lowest BCUT2D eigenvalue weighted by Gasteiger charge is -2.04. The van der Waals surface area contributed by atoms with Crippen LogP contribution in [0.4, 0.5) is 5.69 Å². The van der Waals surface area contributed by atoms with Gasteiger partial charge in [0.2, 0.25) is 5.76 Å². The molecule has 0 atom stereocenters. The number of H-pyrrole nitrogens is 1. The Morgan fingerprint density at radius 1 is 1.25 bits per heavy atom. The molecule has 0 unspecified atom stereocenters. The molecule has 20 heavy (non-hydrogen) atoms. The second-order valence-electron chi connectivity index (χ2n) is 4.34. The van der Waals surface area contributed by atoms with Crippen LogP contribution in [0.2, 0.25) is 0 Å². The number of rotatable bonds is 3. The molecule has 0 spiro atoms. The molecule has 100 valence electrons. The van der Waals surface area contributed by atoms with Crippen LogP contribution in [0.25, 0.3) is 11.3 Å². The monoisotopic (exact) mass is 268 g/mol. The molecule has 2 aromatic heterocycles. The third-order valence-corrected chi connectivity index (χ3v) is 2.91. The standard InChI is InChI=1S/C14H12N4O2/c1-9-8-16-20-13(9)14(19)17-11-4-2-10(3-5-11)12-6-7-15-18-12/h2-8H,1H3,(H,15,18)(H,17,19). The van der Waals surface area contributed by atoms with Gasteiger partial charge in [-0.15, -0.1) is 0 Å². The van der Waals surface area contributed by atoms with Crippen molar-refractivity contribution in [2.75, 3.05) is 5.32 Å². The van der Waals surface area contributed by atoms with E-state index < -0.39 is 0 Å². The van der Waals surface area contributed by atoms with Gasteiger partial charge in [-0.3, -0.25) is 9.89 Å². The van der Waals surface area contributed by atoms with Gasteiger partial charge in [-0.05, 0) is 30.7 Å². The van der Waals surface area contributed by atoms with E-state index in [0.29, 0.717) is 11.3 Å². The van der Waals surface area contributed by atoms with Crippen LogP contribution in [0.5, 0.6) is 0 Å². The fourth-order valence-electron chi connectivity index (χ4n) is 1.85. The van der Waals surface area contributed by atoms with Crippen molar-refractivity contribution in [1.29, 1.82) is 0 Å². The number of nitrogens with one attached hydrogen (secondary N) is 2. The number of aromatic nitrogens is 3. The Hall–Kier alpha value is -2.89. The van der Waals surface area contributed by atoms with Crippen molar-refractivity contribution < 1.29 is 9.32 Å². The summed E-state index contributed by atoms with van der Waals surface area (Å²) in [5, 5.41) is 13.1. The summed E-state index contributed by atoms with van der Waals surface area (Å²) in [7, 11) is 0. The van der Waals surface area contributed by atoms with Gasteiger partial charge < -0.3 is 9.84 Å². The summed E-state index contributed by atoms with van der Waals surface area (Å²) in [4.78, 5) is 11.9. The minimum absolute atomic E-state index is 0.225. The molecule has 2 N–H and O–H groups in total. The van der Waals surface area contributed by atoms with Crippen molar-refractivity contribution >= 4 is 11.6 Å². The maximum absolute atomic E-state index is 11.9. The van der Waals surface area contributed by atoms with Crippen LogP contribution in [0, 0.1) is 6.92 Å². The number of aryl methyl sites for hydroxylation is 1. The van der Waals surface area contributed by atoms with Gasteiger partial charge in [0.25, 0.3) is 5.91 Å². The number of hydrogen-bond acceptors (Lipinski definition) is 4. The second-order valence-corrected chi connectivity index (χ2v) is 4.34. The van der Waals surface area contributed by atoms with Gasteiger partial charge >= 0.3 is 0 Å². The summed E-state index contributed by atoms with van der Waals surface area (Å²) in [5.41, 5.74) is 3.32. The zero-order valence-corrected chi connectivity index (χ0v) is 10.8. The highest BCUT2D eigenvalue weighted by Gasteiger charge is 2.14. The van der Waals surface area contributed by atoms with Crippen LogP contribution >= 0.6 is 0 Å². The minimum Gasteiger partial charge on any atom is -0.351 e. The Labute approximate surface area is 114 Å². The van der Waals surface area contributed by atoms with Gasteiger partial charge in [0.1, 0.15) is 0 Å². The van der Waals surface area contributed by atoms with E-state index in [0.717, 1.165) is 11.3 Å². The van der Waals surface area contributed by atoms with E-state index in [1.807, 2.05) is 30.3 Å². The van der Waals surface area contributed by atoms with E-state index in [1.54, 1.807) is 13.1 Å². The molecule has 0 aliphatic carbocycles. The molecule has 1 amide bonds. The number of aromatic amines is 1. The molecule has 3 rings (SSSR count). The van der Waals surface area contributed by atoms with E-state index in [4.69, 9.17) is 4.52 Å². The SMILES string of the molecule is Cc1cnoc1C(=O)Nc1ccc(-c2ccn[nH]2)cc1. The van der Waals surface area contributed by atoms with Crippen LogP contribution in [0.15, 0.2) is 47.2 Å². The van der Waals surface area contributed by atoms with Crippen molar-refractivity contribution in [3.8, 4) is 11.3 Å². The molecule has 6 nitrogen and oxygen atoms in total. The Morgan fingerprint density at radius 2 is 2.05 bits per heavy atom. The molecule has 0 bridgehead atoms. The van der Waals surface area contributed by atoms with E-state index in [9.17, 15) is 4.79 Å². The molecule has 0 aliphatic rings. The van der Waals surface area contributed by atoms with Crippen LogP contribution in [-0.2, 0) is 0 Å². The van der Waals surface area contributed by atoms with E-state index in [1.165, 1.54) is 6.20 Å². The number of carbonyl (C=O) groups is 1. The molecule has 0 radical (unpaired) electrons. The topological polar surface area (TPSA) is 83.8 Å². The van der Waals surface area contributed by atoms with Gasteiger partial charge in [0.15, 0.2) is 0 Å². The maximum Gasteiger partial charge on any atom is 0.294 e. The fraction of sp³-hybridized carbons (Fsp3) is 0.0714. The summed E-state index contributed by atoms with van der Waals surface area (Å²) >= 11 is 0. The lowest BCUT2D eigenvalue weighted by atomic mass is 10.1. The normalized spacial score (nSPS) is 10.4. The first-order valence-electron chi connectivity index (χ1n) is 6.06. The lowest BCUT2D eigenvalue weighted by Crippen LogP contribution is -2.11. The van der Waals surface area contributed by atoms with Crippen molar-refractivity contribution in [2.45, 2.75) is 6.92 Å². The van der Waals surface area contributed by atoms with Crippen LogP contribution < -0.4 is 5.32 Å². The number of amides is 1. The average Bonchev–Trinajstić information content (AvgIpc) is 3.10. The minimum atomic E-state index is -0.311. The molecule has 0 saturated heterocycles. The smallest absolute Gasteiger partial charge is 0.294 e. The highest BCUT2D eigenvalue weighted by Crippen LogP contribution is 2.19. The number of carbonyl (C=O) groups excluding carboxylic acids is 1. The summed E-state index contributed by atoms with van der Waals surface area (Å²) in [5.74, 6) is -0.0862. The molecule has 0 saturated carbocycles. The highest BCUT2D eigenvalue weighted by atomic mass is 16.5. The predicted molar refractivity (Wildman–Crippen MR) is 73.2 cm³/mol. The van der Waals surface area contributed by atoms with Crippen molar-refractivity contribution in [3.63, 3.8) is 0 Å². The van der Waals surface area contributed by atoms with Gasteiger partial charge in [-0.2, -0.15) is 5.10 Å². The molecule has 1 aromatic carbocycles. The van der Waals surface area contributed by atoms with Crippen LogP contribution in [-0.4, -0.2) is 21.3 Å². The van der Waals surface area contributed by atoms with E-state index in [-0.39, 0.29) is 11.7 Å². The lowest BCUT2D eigenvalue weighted by molar-refractivity contribution is 0.0987. The van der Waals surface area contributed by atoms with E-state index in [2.05, 4.69) is 20.7 Å². The summed E-state index contributed by atoms with van der Waals surface area (Å²) in [6.45, 7) is 1.77. The maximum atomic E-state index is 11.9. The Balaban J connectivity index is 1.76. The van der Waals surface area contributed by atoms with Gasteiger partial charge in [-0.25, -0.2) is 0 Å². The largest absolute Gasteiger partial charge is 0.351 e. The third kappa shape index (κ3) is 2.31. The molecular weight excluding hydrogens is 256 g/mol. The molecule has 0 fully saturated rings. The van der Waals surface area contributed by atoms with Crippen LogP contribution in [0.1, 0.15) is 16.1 Å². The number of benzene rings is 1. The first kappa shape index (κ1) is 12.2. The number of hydrogen-bond donors (Lipinski definition) is 2. The molecular formula is C14H12N4O2. The molecule has 6 heteroatoms. The molecule has 0 aliphatic heterocycles.